The predicted octanol–water partition coefficient (Wildman–Crippen LogP) is 1.49. The first-order valence-corrected chi connectivity index (χ1v) is 10.1. The minimum absolute atomic E-state index is 0.132. The summed E-state index contributed by atoms with van der Waals surface area (Å²) in [5, 5.41) is 0. The Bertz CT molecular complexity index is 747. The first kappa shape index (κ1) is 17.0. The molecule has 3 atom stereocenters. The van der Waals surface area contributed by atoms with Gasteiger partial charge in [-0.3, -0.25) is 9.59 Å². The number of carbonyl (C=O) groups is 2. The highest BCUT2D eigenvalue weighted by molar-refractivity contribution is 7.88. The summed E-state index contributed by atoms with van der Waals surface area (Å²) in [6.07, 6.45) is 2.93. The van der Waals surface area contributed by atoms with E-state index in [4.69, 9.17) is 0 Å². The minimum atomic E-state index is -3.63. The van der Waals surface area contributed by atoms with Gasteiger partial charge in [0.25, 0.3) is 5.91 Å². The zero-order valence-corrected chi connectivity index (χ0v) is 14.7. The molecule has 3 rings (SSSR count). The van der Waals surface area contributed by atoms with E-state index < -0.39 is 22.0 Å². The molecule has 7 heteroatoms. The number of hydrogen-bond donors (Lipinski definition) is 0. The standard InChI is InChI=1S/C17H22N2O4S/c1-3-7-13-15-14(19(17(13)21)24(2,22)23)10-11-18(15)16(20)12-8-5-4-6-9-12/h4-6,8-9,13-15H,3,7,10-11H2,1-2H3/t13-,14+,15-/m1/s1. The van der Waals surface area contributed by atoms with Crippen molar-refractivity contribution in [3.8, 4) is 0 Å². The topological polar surface area (TPSA) is 74.8 Å². The summed E-state index contributed by atoms with van der Waals surface area (Å²) in [5.41, 5.74) is 0.568. The van der Waals surface area contributed by atoms with Crippen LogP contribution in [0.15, 0.2) is 30.3 Å². The van der Waals surface area contributed by atoms with Crippen LogP contribution in [0.2, 0.25) is 0 Å². The molecular formula is C17H22N2O4S. The SMILES string of the molecule is CCC[C@H]1C(=O)N(S(C)(=O)=O)[C@H]2CCN(C(=O)c3ccccc3)[C@H]12. The van der Waals surface area contributed by atoms with Gasteiger partial charge >= 0.3 is 0 Å². The van der Waals surface area contributed by atoms with E-state index in [1.807, 2.05) is 13.0 Å². The molecular weight excluding hydrogens is 328 g/mol. The van der Waals surface area contributed by atoms with E-state index in [1.54, 1.807) is 29.2 Å². The number of carbonyl (C=O) groups excluding carboxylic acids is 2. The molecule has 6 nitrogen and oxygen atoms in total. The number of rotatable bonds is 4. The van der Waals surface area contributed by atoms with Gasteiger partial charge in [-0.1, -0.05) is 31.5 Å². The number of benzene rings is 1. The molecule has 0 unspecified atom stereocenters. The summed E-state index contributed by atoms with van der Waals surface area (Å²) in [4.78, 5) is 27.2. The van der Waals surface area contributed by atoms with Crippen LogP contribution < -0.4 is 0 Å². The summed E-state index contributed by atoms with van der Waals surface area (Å²) in [6.45, 7) is 2.44. The highest BCUT2D eigenvalue weighted by Gasteiger charge is 2.57. The van der Waals surface area contributed by atoms with Gasteiger partial charge in [0.1, 0.15) is 0 Å². The molecule has 0 aromatic heterocycles. The van der Waals surface area contributed by atoms with Crippen LogP contribution in [0.1, 0.15) is 36.5 Å². The van der Waals surface area contributed by atoms with Gasteiger partial charge in [0.05, 0.1) is 24.3 Å². The predicted molar refractivity (Wildman–Crippen MR) is 89.8 cm³/mol. The van der Waals surface area contributed by atoms with Crippen LogP contribution >= 0.6 is 0 Å². The molecule has 2 heterocycles. The van der Waals surface area contributed by atoms with Gasteiger partial charge in [0.2, 0.25) is 15.9 Å². The Balaban J connectivity index is 1.96. The second kappa shape index (κ2) is 6.20. The van der Waals surface area contributed by atoms with Crippen molar-refractivity contribution in [2.75, 3.05) is 12.8 Å². The van der Waals surface area contributed by atoms with E-state index in [0.717, 1.165) is 17.0 Å². The molecule has 2 amide bonds. The van der Waals surface area contributed by atoms with E-state index in [-0.39, 0.29) is 17.9 Å². The van der Waals surface area contributed by atoms with Gasteiger partial charge < -0.3 is 4.90 Å². The number of hydrogen-bond acceptors (Lipinski definition) is 4. The first-order valence-electron chi connectivity index (χ1n) is 8.25. The normalized spacial score (nSPS) is 26.8. The fourth-order valence-electron chi connectivity index (χ4n) is 4.01. The maximum absolute atomic E-state index is 12.8. The first-order chi connectivity index (χ1) is 11.4. The molecule has 1 aromatic carbocycles. The van der Waals surface area contributed by atoms with Crippen LogP contribution in [-0.2, 0) is 14.8 Å². The van der Waals surface area contributed by atoms with Crippen LogP contribution in [0.5, 0.6) is 0 Å². The second-order valence-corrected chi connectivity index (χ2v) is 8.36. The van der Waals surface area contributed by atoms with Gasteiger partial charge in [-0.15, -0.1) is 0 Å². The fourth-order valence-corrected chi connectivity index (χ4v) is 5.20. The lowest BCUT2D eigenvalue weighted by Crippen LogP contribution is -2.43. The molecule has 1 aromatic rings. The van der Waals surface area contributed by atoms with Gasteiger partial charge in [-0.05, 0) is 25.0 Å². The van der Waals surface area contributed by atoms with Crippen molar-refractivity contribution in [3.05, 3.63) is 35.9 Å². The molecule has 24 heavy (non-hydrogen) atoms. The molecule has 0 bridgehead atoms. The van der Waals surface area contributed by atoms with Gasteiger partial charge in [-0.2, -0.15) is 0 Å². The van der Waals surface area contributed by atoms with Crippen LogP contribution in [0.3, 0.4) is 0 Å². The zero-order chi connectivity index (χ0) is 17.5. The molecule has 0 N–H and O–H groups in total. The Hall–Kier alpha value is -1.89. The van der Waals surface area contributed by atoms with Crippen LogP contribution in [0.25, 0.3) is 0 Å². The van der Waals surface area contributed by atoms with Crippen molar-refractivity contribution in [3.63, 3.8) is 0 Å². The summed E-state index contributed by atoms with van der Waals surface area (Å²) in [7, 11) is -3.63. The van der Waals surface area contributed by atoms with Crippen molar-refractivity contribution in [1.82, 2.24) is 9.21 Å². The lowest BCUT2D eigenvalue weighted by Gasteiger charge is -2.27. The van der Waals surface area contributed by atoms with Crippen molar-refractivity contribution in [1.29, 1.82) is 0 Å². The quantitative estimate of drug-likeness (QED) is 0.824. The molecule has 2 aliphatic heterocycles. The number of fused-ring (bicyclic) bond motifs is 1. The summed E-state index contributed by atoms with van der Waals surface area (Å²) in [5.74, 6) is -0.933. The van der Waals surface area contributed by atoms with Crippen LogP contribution in [0, 0.1) is 5.92 Å². The van der Waals surface area contributed by atoms with E-state index in [1.165, 1.54) is 0 Å². The third kappa shape index (κ3) is 2.70. The number of sulfonamides is 1. The Morgan fingerprint density at radius 1 is 1.25 bits per heavy atom. The second-order valence-electron chi connectivity index (χ2n) is 6.50. The molecule has 2 aliphatic rings. The van der Waals surface area contributed by atoms with Gasteiger partial charge in [0, 0.05) is 12.1 Å². The fraction of sp³-hybridized carbons (Fsp3) is 0.529. The van der Waals surface area contributed by atoms with Crippen LogP contribution in [0.4, 0.5) is 0 Å². The lowest BCUT2D eigenvalue weighted by atomic mass is 9.94. The Kier molecular flexibility index (Phi) is 4.38. The maximum atomic E-state index is 12.8. The molecule has 0 radical (unpaired) electrons. The number of likely N-dealkylation sites (tertiary alicyclic amines) is 1. The molecule has 0 spiro atoms. The molecule has 0 aliphatic carbocycles. The summed E-state index contributed by atoms with van der Waals surface area (Å²) >= 11 is 0. The highest BCUT2D eigenvalue weighted by Crippen LogP contribution is 2.40. The third-order valence-corrected chi connectivity index (χ3v) is 6.07. The Morgan fingerprint density at radius 2 is 1.92 bits per heavy atom. The summed E-state index contributed by atoms with van der Waals surface area (Å²) < 4.78 is 25.2. The molecule has 2 saturated heterocycles. The van der Waals surface area contributed by atoms with Gasteiger partial charge in [0.15, 0.2) is 0 Å². The van der Waals surface area contributed by atoms with Gasteiger partial charge in [-0.25, -0.2) is 12.7 Å². The van der Waals surface area contributed by atoms with Crippen molar-refractivity contribution in [2.24, 2.45) is 5.92 Å². The monoisotopic (exact) mass is 350 g/mol. The minimum Gasteiger partial charge on any atom is -0.333 e. The van der Waals surface area contributed by atoms with Crippen molar-refractivity contribution in [2.45, 2.75) is 38.3 Å². The van der Waals surface area contributed by atoms with E-state index in [0.29, 0.717) is 24.9 Å². The zero-order valence-electron chi connectivity index (χ0n) is 13.9. The lowest BCUT2D eigenvalue weighted by molar-refractivity contribution is -0.128. The van der Waals surface area contributed by atoms with Crippen molar-refractivity contribution >= 4 is 21.8 Å². The average molecular weight is 350 g/mol. The average Bonchev–Trinajstić information content (AvgIpc) is 3.06. The van der Waals surface area contributed by atoms with E-state index >= 15 is 0 Å². The largest absolute Gasteiger partial charge is 0.333 e. The highest BCUT2D eigenvalue weighted by atomic mass is 32.2. The van der Waals surface area contributed by atoms with Crippen LogP contribution in [-0.4, -0.2) is 54.3 Å². The van der Waals surface area contributed by atoms with E-state index in [2.05, 4.69) is 0 Å². The smallest absolute Gasteiger partial charge is 0.254 e. The molecule has 2 fully saturated rings. The summed E-state index contributed by atoms with van der Waals surface area (Å²) in [6, 6.07) is 8.13. The molecule has 130 valence electrons. The van der Waals surface area contributed by atoms with E-state index in [9.17, 15) is 18.0 Å². The Labute approximate surface area is 142 Å². The maximum Gasteiger partial charge on any atom is 0.254 e. The van der Waals surface area contributed by atoms with Crippen molar-refractivity contribution < 1.29 is 18.0 Å². The molecule has 0 saturated carbocycles. The third-order valence-electron chi connectivity index (χ3n) is 4.91. The number of amides is 2. The number of nitrogens with zero attached hydrogens (tertiary/aromatic N) is 2. The Morgan fingerprint density at radius 3 is 2.50 bits per heavy atom.